The average Bonchev–Trinajstić information content (AvgIpc) is 3.04. The predicted octanol–water partition coefficient (Wildman–Crippen LogP) is 0.468. The minimum atomic E-state index is -3.98. The molecule has 0 spiro atoms. The molecule has 2 aromatic rings. The number of amides is 1. The number of nitrogens with zero attached hydrogens (tertiary/aromatic N) is 3. The van der Waals surface area contributed by atoms with E-state index in [0.29, 0.717) is 24.7 Å². The van der Waals surface area contributed by atoms with Gasteiger partial charge in [0.05, 0.1) is 12.2 Å². The number of fused-ring (bicyclic) bond motifs is 1. The first kappa shape index (κ1) is 14.0. The monoisotopic (exact) mass is 328 g/mol. The van der Waals surface area contributed by atoms with Crippen LogP contribution in [-0.4, -0.2) is 35.7 Å². The van der Waals surface area contributed by atoms with E-state index in [1.54, 1.807) is 13.8 Å². The largest absolute Gasteiger partial charge is 0.476 e. The van der Waals surface area contributed by atoms with Gasteiger partial charge in [0.1, 0.15) is 6.61 Å². The number of sulfonamides is 1. The molecule has 1 aliphatic rings. The van der Waals surface area contributed by atoms with Gasteiger partial charge in [-0.15, -0.1) is 11.3 Å². The van der Waals surface area contributed by atoms with Crippen molar-refractivity contribution in [2.75, 3.05) is 6.61 Å². The Bertz CT molecular complexity index is 780. The molecule has 10 heteroatoms. The van der Waals surface area contributed by atoms with Crippen molar-refractivity contribution in [3.05, 3.63) is 22.3 Å². The van der Waals surface area contributed by atoms with Crippen LogP contribution in [0.5, 0.6) is 5.88 Å². The van der Waals surface area contributed by atoms with Crippen molar-refractivity contribution in [3.63, 3.8) is 0 Å². The second-order valence-corrected chi connectivity index (χ2v) is 7.55. The highest BCUT2D eigenvalue weighted by Gasteiger charge is 2.26. The van der Waals surface area contributed by atoms with E-state index in [1.807, 2.05) is 4.72 Å². The molecule has 3 rings (SSSR count). The van der Waals surface area contributed by atoms with Crippen molar-refractivity contribution in [3.8, 4) is 5.88 Å². The van der Waals surface area contributed by atoms with Crippen LogP contribution in [0.4, 0.5) is 0 Å². The van der Waals surface area contributed by atoms with Gasteiger partial charge in [0.25, 0.3) is 15.9 Å². The summed E-state index contributed by atoms with van der Waals surface area (Å²) < 4.78 is 32.8. The van der Waals surface area contributed by atoms with E-state index in [4.69, 9.17) is 4.74 Å². The Labute approximate surface area is 124 Å². The van der Waals surface area contributed by atoms with Crippen LogP contribution in [0.15, 0.2) is 10.4 Å². The van der Waals surface area contributed by atoms with Crippen LogP contribution in [-0.2, 0) is 16.6 Å². The van der Waals surface area contributed by atoms with E-state index in [0.717, 1.165) is 16.2 Å². The molecule has 0 fully saturated rings. The van der Waals surface area contributed by atoms with Gasteiger partial charge in [-0.05, 0) is 13.8 Å². The van der Waals surface area contributed by atoms with Gasteiger partial charge in [-0.25, -0.2) is 14.4 Å². The first-order valence-corrected chi connectivity index (χ1v) is 8.38. The number of carbonyl (C=O) groups is 1. The number of nitrogens with one attached hydrogen (secondary N) is 1. The Morgan fingerprint density at radius 3 is 2.86 bits per heavy atom. The first-order chi connectivity index (χ1) is 9.87. The number of carbonyl (C=O) groups excluding carboxylic acids is 1. The third-order valence-electron chi connectivity index (χ3n) is 2.99. The molecule has 0 saturated heterocycles. The molecule has 0 radical (unpaired) electrons. The molecule has 8 nitrogen and oxygen atoms in total. The number of aryl methyl sites for hydroxylation is 2. The van der Waals surface area contributed by atoms with E-state index in [2.05, 4.69) is 10.1 Å². The number of hydrogen-bond acceptors (Lipinski definition) is 7. The fourth-order valence-electron chi connectivity index (χ4n) is 1.80. The van der Waals surface area contributed by atoms with Gasteiger partial charge in [0.15, 0.2) is 5.69 Å². The maximum atomic E-state index is 12.1. The number of thiazole rings is 1. The lowest BCUT2D eigenvalue weighted by Gasteiger charge is -2.01. The predicted molar refractivity (Wildman–Crippen MR) is 74.0 cm³/mol. The zero-order valence-electron chi connectivity index (χ0n) is 11.3. The second kappa shape index (κ2) is 4.81. The molecule has 21 heavy (non-hydrogen) atoms. The summed E-state index contributed by atoms with van der Waals surface area (Å²) >= 11 is 1.02. The lowest BCUT2D eigenvalue weighted by Crippen LogP contribution is -2.31. The van der Waals surface area contributed by atoms with Crippen molar-refractivity contribution in [2.24, 2.45) is 0 Å². The van der Waals surface area contributed by atoms with Gasteiger partial charge >= 0.3 is 0 Å². The van der Waals surface area contributed by atoms with E-state index >= 15 is 0 Å². The fraction of sp³-hybridized carbons (Fsp3) is 0.364. The van der Waals surface area contributed by atoms with Gasteiger partial charge in [0, 0.05) is 10.9 Å². The molecule has 0 atom stereocenters. The summed E-state index contributed by atoms with van der Waals surface area (Å²) in [6.07, 6.45) is 0. The zero-order chi connectivity index (χ0) is 15.2. The molecule has 0 saturated carbocycles. The van der Waals surface area contributed by atoms with Crippen LogP contribution >= 0.6 is 11.3 Å². The first-order valence-electron chi connectivity index (χ1n) is 6.08. The van der Waals surface area contributed by atoms with Crippen LogP contribution in [0, 0.1) is 13.8 Å². The fourth-order valence-corrected chi connectivity index (χ4v) is 4.07. The van der Waals surface area contributed by atoms with Crippen molar-refractivity contribution in [1.82, 2.24) is 19.5 Å². The van der Waals surface area contributed by atoms with Crippen molar-refractivity contribution in [2.45, 2.75) is 24.7 Å². The van der Waals surface area contributed by atoms with E-state index in [1.165, 1.54) is 10.7 Å². The quantitative estimate of drug-likeness (QED) is 0.878. The number of aromatic nitrogens is 3. The van der Waals surface area contributed by atoms with Gasteiger partial charge in [0.2, 0.25) is 10.2 Å². The van der Waals surface area contributed by atoms with Crippen LogP contribution in [0.2, 0.25) is 0 Å². The Balaban J connectivity index is 1.83. The molecular weight excluding hydrogens is 316 g/mol. The lowest BCUT2D eigenvalue weighted by molar-refractivity contribution is 0.0975. The minimum absolute atomic E-state index is 0.00160. The van der Waals surface area contributed by atoms with Gasteiger partial charge in [-0.1, -0.05) is 0 Å². The maximum Gasteiger partial charge on any atom is 0.291 e. The van der Waals surface area contributed by atoms with E-state index < -0.39 is 15.9 Å². The van der Waals surface area contributed by atoms with Crippen molar-refractivity contribution < 1.29 is 17.9 Å². The van der Waals surface area contributed by atoms with Crippen molar-refractivity contribution in [1.29, 1.82) is 0 Å². The summed E-state index contributed by atoms with van der Waals surface area (Å²) in [7, 11) is -3.98. The summed E-state index contributed by atoms with van der Waals surface area (Å²) in [4.78, 5) is 16.7. The third-order valence-corrected chi connectivity index (χ3v) is 5.78. The summed E-state index contributed by atoms with van der Waals surface area (Å²) in [5, 5.41) is 3.99. The van der Waals surface area contributed by atoms with Crippen molar-refractivity contribution >= 4 is 27.3 Å². The molecule has 1 N–H and O–H groups in total. The van der Waals surface area contributed by atoms with E-state index in [-0.39, 0.29) is 10.0 Å². The zero-order valence-corrected chi connectivity index (χ0v) is 12.9. The Kier molecular flexibility index (Phi) is 3.21. The maximum absolute atomic E-state index is 12.1. The molecular formula is C11H12N4O4S2. The van der Waals surface area contributed by atoms with Gasteiger partial charge in [-0.3, -0.25) is 4.79 Å². The Morgan fingerprint density at radius 1 is 1.48 bits per heavy atom. The average molecular weight is 328 g/mol. The van der Waals surface area contributed by atoms with Crippen LogP contribution in [0.1, 0.15) is 21.1 Å². The third kappa shape index (κ3) is 2.51. The van der Waals surface area contributed by atoms with Crippen LogP contribution < -0.4 is 9.46 Å². The Morgan fingerprint density at radius 2 is 2.24 bits per heavy atom. The highest BCUT2D eigenvalue weighted by atomic mass is 32.2. The highest BCUT2D eigenvalue weighted by Crippen LogP contribution is 2.22. The molecule has 3 heterocycles. The molecule has 112 valence electrons. The molecule has 0 bridgehead atoms. The number of ether oxygens (including phenoxy) is 1. The summed E-state index contributed by atoms with van der Waals surface area (Å²) in [5.74, 6) is -0.343. The topological polar surface area (TPSA) is 103 Å². The standard InChI is InChI=1S/C11H12N4O4S2/c1-6-7(2)20-11(12-6)21(17,18)14-10(16)8-5-9-15(13-8)3-4-19-9/h5H,3-4H2,1-2H3,(H,14,16). The Hall–Kier alpha value is -1.94. The van der Waals surface area contributed by atoms with Crippen LogP contribution in [0.25, 0.3) is 0 Å². The lowest BCUT2D eigenvalue weighted by atomic mass is 10.4. The van der Waals surface area contributed by atoms with Gasteiger partial charge in [-0.2, -0.15) is 13.5 Å². The second-order valence-electron chi connectivity index (χ2n) is 4.50. The summed E-state index contributed by atoms with van der Waals surface area (Å²) in [5.41, 5.74) is 0.625. The minimum Gasteiger partial charge on any atom is -0.476 e. The molecule has 0 aromatic carbocycles. The number of hydrogen-bond donors (Lipinski definition) is 1. The number of rotatable bonds is 3. The smallest absolute Gasteiger partial charge is 0.291 e. The van der Waals surface area contributed by atoms with Gasteiger partial charge < -0.3 is 4.74 Å². The summed E-state index contributed by atoms with van der Waals surface area (Å²) in [6, 6.07) is 1.41. The molecule has 1 amide bonds. The molecule has 2 aromatic heterocycles. The highest BCUT2D eigenvalue weighted by molar-refractivity contribution is 7.92. The van der Waals surface area contributed by atoms with E-state index in [9.17, 15) is 13.2 Å². The van der Waals surface area contributed by atoms with Crippen LogP contribution in [0.3, 0.4) is 0 Å². The molecule has 1 aliphatic heterocycles. The normalized spacial score (nSPS) is 13.8. The SMILES string of the molecule is Cc1nc(S(=O)(=O)NC(=O)c2cc3n(n2)CCO3)sc1C. The molecule has 0 aliphatic carbocycles. The molecule has 0 unspecified atom stereocenters. The summed E-state index contributed by atoms with van der Waals surface area (Å²) in [6.45, 7) is 4.52.